The molecule has 188 valence electrons. The Morgan fingerprint density at radius 1 is 1.16 bits per heavy atom. The van der Waals surface area contributed by atoms with Crippen LogP contribution in [-0.2, 0) is 9.59 Å². The molecule has 2 aliphatic rings. The first-order chi connectivity index (χ1) is 17.9. The number of hydrogen-bond donors (Lipinski definition) is 1. The highest BCUT2D eigenvalue weighted by atomic mass is 35.5. The van der Waals surface area contributed by atoms with Crippen molar-refractivity contribution in [3.63, 3.8) is 0 Å². The zero-order valence-corrected chi connectivity index (χ0v) is 21.3. The summed E-state index contributed by atoms with van der Waals surface area (Å²) in [4.78, 5) is 29.6. The van der Waals surface area contributed by atoms with Crippen LogP contribution in [0.1, 0.15) is 30.0 Å². The molecule has 3 aromatic rings. The van der Waals surface area contributed by atoms with E-state index in [1.807, 2.05) is 42.5 Å². The number of nitrogens with one attached hydrogen (secondary N) is 1. The number of methoxy groups -OCH3 is 1. The number of ether oxygens (including phenoxy) is 1. The average Bonchev–Trinajstić information content (AvgIpc) is 3.49. The van der Waals surface area contributed by atoms with Gasteiger partial charge in [-0.3, -0.25) is 9.59 Å². The molecule has 2 atom stereocenters. The number of nitrogens with zero attached hydrogens (tertiary/aromatic N) is 3. The fourth-order valence-corrected chi connectivity index (χ4v) is 5.40. The van der Waals surface area contributed by atoms with Crippen LogP contribution in [0.4, 0.5) is 10.1 Å². The molecular weight excluding hydrogens is 515 g/mol. The number of amidine groups is 1. The third kappa shape index (κ3) is 5.68. The van der Waals surface area contributed by atoms with Crippen LogP contribution >= 0.6 is 23.4 Å². The monoisotopic (exact) mass is 536 g/mol. The van der Waals surface area contributed by atoms with Gasteiger partial charge in [0, 0.05) is 23.6 Å². The molecule has 0 saturated heterocycles. The summed E-state index contributed by atoms with van der Waals surface area (Å²) in [5, 5.41) is 9.61. The highest BCUT2D eigenvalue weighted by molar-refractivity contribution is 8.15. The Bertz CT molecular complexity index is 1400. The van der Waals surface area contributed by atoms with E-state index in [2.05, 4.69) is 10.3 Å². The van der Waals surface area contributed by atoms with Crippen molar-refractivity contribution in [2.45, 2.75) is 24.1 Å². The lowest BCUT2D eigenvalue weighted by atomic mass is 9.98. The molecule has 0 saturated carbocycles. The van der Waals surface area contributed by atoms with E-state index in [0.29, 0.717) is 22.3 Å². The van der Waals surface area contributed by atoms with Gasteiger partial charge in [0.15, 0.2) is 5.17 Å². The van der Waals surface area contributed by atoms with Gasteiger partial charge in [0.05, 0.1) is 18.9 Å². The van der Waals surface area contributed by atoms with Crippen molar-refractivity contribution in [2.75, 3.05) is 12.4 Å². The second kappa shape index (κ2) is 10.7. The predicted octanol–water partition coefficient (Wildman–Crippen LogP) is 5.67. The normalized spacial score (nSPS) is 19.0. The molecular formula is C27H22ClFN4O3S. The van der Waals surface area contributed by atoms with Crippen LogP contribution < -0.4 is 10.1 Å². The zero-order valence-electron chi connectivity index (χ0n) is 19.7. The van der Waals surface area contributed by atoms with E-state index in [9.17, 15) is 14.0 Å². The number of anilines is 1. The topological polar surface area (TPSA) is 83.4 Å². The lowest BCUT2D eigenvalue weighted by Gasteiger charge is -2.23. The number of carbonyl (C=O) groups excluding carboxylic acids is 2. The molecule has 2 aliphatic heterocycles. The van der Waals surface area contributed by atoms with E-state index in [4.69, 9.17) is 21.4 Å². The molecule has 1 N–H and O–H groups in total. The van der Waals surface area contributed by atoms with Crippen LogP contribution in [0.5, 0.6) is 5.75 Å². The number of amides is 2. The summed E-state index contributed by atoms with van der Waals surface area (Å²) >= 11 is 7.48. The Morgan fingerprint density at radius 2 is 1.92 bits per heavy atom. The summed E-state index contributed by atoms with van der Waals surface area (Å²) in [6.07, 6.45) is 0.509. The lowest BCUT2D eigenvalue weighted by Crippen LogP contribution is -2.25. The van der Waals surface area contributed by atoms with E-state index in [1.165, 1.54) is 36.0 Å². The second-order valence-corrected chi connectivity index (χ2v) is 10.1. The van der Waals surface area contributed by atoms with E-state index in [1.54, 1.807) is 18.2 Å². The molecule has 0 aliphatic carbocycles. The molecule has 5 rings (SSSR count). The fraction of sp³-hybridized carbons (Fsp3) is 0.185. The molecule has 0 aromatic heterocycles. The van der Waals surface area contributed by atoms with Crippen LogP contribution in [0.2, 0.25) is 5.02 Å². The molecule has 0 radical (unpaired) electrons. The van der Waals surface area contributed by atoms with Gasteiger partial charge >= 0.3 is 0 Å². The SMILES string of the molecule is COc1ccc(C2=NN(C3=NC(=O)[C@H](CC(=O)Nc4ccc(F)cc4)S3)[C@@H](c3cccc(Cl)c3)C2)cc1. The number of thioether (sulfide) groups is 1. The minimum atomic E-state index is -0.685. The standard InChI is InChI=1S/C27H22ClFN4O3S/c1-36-21-11-5-16(6-12-21)22-14-23(17-3-2-4-18(28)13-17)33(32-22)27-31-26(35)24(37-27)15-25(34)30-20-9-7-19(29)8-10-20/h2-13,23-24H,14-15H2,1H3,(H,30,34)/t23-,24+/m1/s1. The van der Waals surface area contributed by atoms with Gasteiger partial charge in [-0.15, -0.1) is 0 Å². The number of halogens is 2. The summed E-state index contributed by atoms with van der Waals surface area (Å²) in [6, 6.07) is 20.4. The maximum atomic E-state index is 13.1. The number of hydrazone groups is 1. The van der Waals surface area contributed by atoms with Gasteiger partial charge in [0.25, 0.3) is 5.91 Å². The molecule has 2 heterocycles. The van der Waals surface area contributed by atoms with Crippen LogP contribution in [0.25, 0.3) is 0 Å². The minimum Gasteiger partial charge on any atom is -0.497 e. The fourth-order valence-electron chi connectivity index (χ4n) is 4.14. The van der Waals surface area contributed by atoms with Crippen LogP contribution in [0, 0.1) is 5.82 Å². The first-order valence-electron chi connectivity index (χ1n) is 11.5. The van der Waals surface area contributed by atoms with Gasteiger partial charge in [0.1, 0.15) is 16.8 Å². The van der Waals surface area contributed by atoms with Gasteiger partial charge in [-0.25, -0.2) is 9.40 Å². The Labute approximate surface area is 222 Å². The summed E-state index contributed by atoms with van der Waals surface area (Å²) in [5.74, 6) is -0.406. The first kappa shape index (κ1) is 25.0. The number of rotatable bonds is 6. The van der Waals surface area contributed by atoms with Crippen molar-refractivity contribution in [3.8, 4) is 5.75 Å². The number of aliphatic imine (C=N–C) groups is 1. The highest BCUT2D eigenvalue weighted by Crippen LogP contribution is 2.39. The molecule has 0 bridgehead atoms. The Kier molecular flexibility index (Phi) is 7.25. The Balaban J connectivity index is 1.35. The summed E-state index contributed by atoms with van der Waals surface area (Å²) in [6.45, 7) is 0. The number of carbonyl (C=O) groups is 2. The van der Waals surface area contributed by atoms with Crippen molar-refractivity contribution < 1.29 is 18.7 Å². The Hall–Kier alpha value is -3.69. The summed E-state index contributed by atoms with van der Waals surface area (Å²) in [5.41, 5.74) is 3.16. The third-order valence-electron chi connectivity index (χ3n) is 5.99. The maximum Gasteiger partial charge on any atom is 0.262 e. The van der Waals surface area contributed by atoms with Gasteiger partial charge in [-0.05, 0) is 71.8 Å². The molecule has 37 heavy (non-hydrogen) atoms. The van der Waals surface area contributed by atoms with Gasteiger partial charge in [-0.2, -0.15) is 10.1 Å². The molecule has 7 nitrogen and oxygen atoms in total. The number of benzene rings is 3. The quantitative estimate of drug-likeness (QED) is 0.439. The largest absolute Gasteiger partial charge is 0.497 e. The van der Waals surface area contributed by atoms with Crippen molar-refractivity contribution in [3.05, 3.63) is 94.8 Å². The summed E-state index contributed by atoms with van der Waals surface area (Å²) < 4.78 is 18.4. The lowest BCUT2D eigenvalue weighted by molar-refractivity contribution is -0.121. The zero-order chi connectivity index (χ0) is 25.9. The van der Waals surface area contributed by atoms with Crippen molar-refractivity contribution in [2.24, 2.45) is 10.1 Å². The molecule has 10 heteroatoms. The predicted molar refractivity (Wildman–Crippen MR) is 144 cm³/mol. The first-order valence-corrected chi connectivity index (χ1v) is 12.8. The second-order valence-electron chi connectivity index (χ2n) is 8.49. The molecule has 2 amide bonds. The van der Waals surface area contributed by atoms with Gasteiger partial charge < -0.3 is 10.1 Å². The van der Waals surface area contributed by atoms with Crippen molar-refractivity contribution >= 4 is 51.7 Å². The van der Waals surface area contributed by atoms with Crippen molar-refractivity contribution in [1.29, 1.82) is 0 Å². The molecule has 0 fully saturated rings. The smallest absolute Gasteiger partial charge is 0.262 e. The summed E-state index contributed by atoms with van der Waals surface area (Å²) in [7, 11) is 1.61. The van der Waals surface area contributed by atoms with Crippen LogP contribution in [-0.4, -0.2) is 40.1 Å². The average molecular weight is 537 g/mol. The highest BCUT2D eigenvalue weighted by Gasteiger charge is 2.39. The van der Waals surface area contributed by atoms with Gasteiger partial charge in [0.2, 0.25) is 5.91 Å². The minimum absolute atomic E-state index is 0.0708. The molecule has 3 aromatic carbocycles. The van der Waals surface area contributed by atoms with E-state index in [0.717, 1.165) is 22.6 Å². The van der Waals surface area contributed by atoms with E-state index >= 15 is 0 Å². The van der Waals surface area contributed by atoms with Crippen LogP contribution in [0.15, 0.2) is 82.9 Å². The maximum absolute atomic E-state index is 13.1. The van der Waals surface area contributed by atoms with E-state index in [-0.39, 0.29) is 18.4 Å². The Morgan fingerprint density at radius 3 is 2.62 bits per heavy atom. The third-order valence-corrected chi connectivity index (χ3v) is 7.37. The molecule has 0 unspecified atom stereocenters. The number of hydrogen-bond acceptors (Lipinski definition) is 6. The van der Waals surface area contributed by atoms with Crippen LogP contribution in [0.3, 0.4) is 0 Å². The van der Waals surface area contributed by atoms with Gasteiger partial charge in [-0.1, -0.05) is 35.5 Å². The van der Waals surface area contributed by atoms with Crippen molar-refractivity contribution in [1.82, 2.24) is 5.01 Å². The van der Waals surface area contributed by atoms with E-state index < -0.39 is 17.0 Å². The molecule has 0 spiro atoms.